The van der Waals surface area contributed by atoms with Crippen LogP contribution in [0.5, 0.6) is 5.75 Å². The highest BCUT2D eigenvalue weighted by molar-refractivity contribution is 7.99. The second-order valence-corrected chi connectivity index (χ2v) is 6.96. The zero-order chi connectivity index (χ0) is 19.3. The van der Waals surface area contributed by atoms with Crippen LogP contribution in [0.4, 0.5) is 5.69 Å². The first kappa shape index (κ1) is 20.0. The highest BCUT2D eigenvalue weighted by Crippen LogP contribution is 2.29. The van der Waals surface area contributed by atoms with E-state index in [2.05, 4.69) is 0 Å². The first-order chi connectivity index (χ1) is 12.3. The first-order valence-electron chi connectivity index (χ1n) is 7.89. The average Bonchev–Trinajstić information content (AvgIpc) is 2.61. The van der Waals surface area contributed by atoms with Gasteiger partial charge in [-0.3, -0.25) is 14.9 Å². The zero-order valence-corrected chi connectivity index (χ0v) is 15.0. The summed E-state index contributed by atoms with van der Waals surface area (Å²) in [5.74, 6) is -0.640. The number of piperidine rings is 1. The van der Waals surface area contributed by atoms with Gasteiger partial charge in [0.1, 0.15) is 0 Å². The van der Waals surface area contributed by atoms with Crippen molar-refractivity contribution in [3.05, 3.63) is 33.9 Å². The molecule has 1 amide bonds. The summed E-state index contributed by atoms with van der Waals surface area (Å²) in [5.41, 5.74) is -1.18. The molecule has 0 bridgehead atoms. The number of carbonyl (C=O) groups excluding carboxylic acids is 1. The Morgan fingerprint density at radius 1 is 1.38 bits per heavy atom. The van der Waals surface area contributed by atoms with Crippen molar-refractivity contribution < 1.29 is 29.5 Å². The van der Waals surface area contributed by atoms with Crippen molar-refractivity contribution in [1.82, 2.24) is 4.90 Å². The van der Waals surface area contributed by atoms with Gasteiger partial charge in [-0.05, 0) is 11.6 Å². The van der Waals surface area contributed by atoms with Crippen LogP contribution in [0.2, 0.25) is 0 Å². The molecule has 1 aromatic carbocycles. The maximum atomic E-state index is 12.2. The Morgan fingerprint density at radius 3 is 2.58 bits per heavy atom. The molecular formula is C16H20N2O7S. The number of carbonyl (C=O) groups is 2. The number of methoxy groups -OCH3 is 1. The molecule has 1 aromatic rings. The lowest BCUT2D eigenvalue weighted by molar-refractivity contribution is -0.385. The molecule has 0 atom stereocenters. The number of aliphatic carboxylic acids is 1. The van der Waals surface area contributed by atoms with Gasteiger partial charge in [0.2, 0.25) is 5.91 Å². The third-order valence-electron chi connectivity index (χ3n) is 4.28. The van der Waals surface area contributed by atoms with E-state index in [0.29, 0.717) is 11.3 Å². The predicted molar refractivity (Wildman–Crippen MR) is 94.2 cm³/mol. The molecule has 1 fully saturated rings. The predicted octanol–water partition coefficient (Wildman–Crippen LogP) is 1.27. The number of hydrogen-bond donors (Lipinski definition) is 2. The number of aliphatic hydroxyl groups is 1. The summed E-state index contributed by atoms with van der Waals surface area (Å²) in [6.07, 6.45) is 0.00677. The van der Waals surface area contributed by atoms with E-state index in [1.165, 1.54) is 35.9 Å². The van der Waals surface area contributed by atoms with Crippen molar-refractivity contribution in [3.8, 4) is 5.75 Å². The van der Waals surface area contributed by atoms with Crippen molar-refractivity contribution in [1.29, 1.82) is 0 Å². The summed E-state index contributed by atoms with van der Waals surface area (Å²) in [4.78, 5) is 35.2. The van der Waals surface area contributed by atoms with Crippen LogP contribution in [0.15, 0.2) is 18.2 Å². The standard InChI is InChI=1S/C16H20N2O7S/c1-25-13-3-2-11(8-12(13)18(23)24)9-26-10-14(19)17-6-4-16(22,5-7-17)15(20)21/h2-3,8,22H,4-7,9-10H2,1H3,(H,20,21). The van der Waals surface area contributed by atoms with Crippen LogP contribution in [-0.2, 0) is 15.3 Å². The molecule has 1 aliphatic rings. The third-order valence-corrected chi connectivity index (χ3v) is 5.26. The van der Waals surface area contributed by atoms with Gasteiger partial charge in [-0.15, -0.1) is 11.8 Å². The number of nitro benzene ring substituents is 1. The van der Waals surface area contributed by atoms with Crippen molar-refractivity contribution >= 4 is 29.3 Å². The molecule has 0 unspecified atom stereocenters. The van der Waals surface area contributed by atoms with Gasteiger partial charge in [0.15, 0.2) is 11.4 Å². The Balaban J connectivity index is 1.85. The molecule has 1 heterocycles. The van der Waals surface area contributed by atoms with E-state index in [1.54, 1.807) is 6.07 Å². The molecule has 1 saturated heterocycles. The Labute approximate surface area is 154 Å². The van der Waals surface area contributed by atoms with Crippen molar-refractivity contribution in [3.63, 3.8) is 0 Å². The Kier molecular flexibility index (Phi) is 6.43. The second kappa shape index (κ2) is 8.37. The number of likely N-dealkylation sites (tertiary alicyclic amines) is 1. The molecule has 0 aliphatic carbocycles. The summed E-state index contributed by atoms with van der Waals surface area (Å²) in [6, 6.07) is 4.65. The van der Waals surface area contributed by atoms with E-state index in [0.717, 1.165) is 0 Å². The molecule has 1 aliphatic heterocycles. The maximum Gasteiger partial charge on any atom is 0.335 e. The number of nitrogens with zero attached hydrogens (tertiary/aromatic N) is 2. The van der Waals surface area contributed by atoms with E-state index in [-0.39, 0.29) is 49.0 Å². The van der Waals surface area contributed by atoms with Crippen LogP contribution >= 0.6 is 11.8 Å². The van der Waals surface area contributed by atoms with Gasteiger partial charge in [-0.25, -0.2) is 4.79 Å². The van der Waals surface area contributed by atoms with Crippen LogP contribution in [0, 0.1) is 10.1 Å². The molecule has 2 rings (SSSR count). The number of carboxylic acids is 1. The molecule has 9 nitrogen and oxygen atoms in total. The Morgan fingerprint density at radius 2 is 2.04 bits per heavy atom. The third kappa shape index (κ3) is 4.64. The number of ether oxygens (including phenoxy) is 1. The molecule has 2 N–H and O–H groups in total. The quantitative estimate of drug-likeness (QED) is 0.531. The largest absolute Gasteiger partial charge is 0.490 e. The number of rotatable bonds is 7. The van der Waals surface area contributed by atoms with Gasteiger partial charge in [-0.2, -0.15) is 0 Å². The summed E-state index contributed by atoms with van der Waals surface area (Å²) < 4.78 is 4.95. The number of hydrogen-bond acceptors (Lipinski definition) is 7. The fourth-order valence-electron chi connectivity index (χ4n) is 2.66. The molecule has 0 radical (unpaired) electrons. The van der Waals surface area contributed by atoms with Crippen molar-refractivity contribution in [2.45, 2.75) is 24.2 Å². The van der Waals surface area contributed by atoms with Gasteiger partial charge in [0.25, 0.3) is 0 Å². The molecular weight excluding hydrogens is 364 g/mol. The molecule has 0 spiro atoms. The normalized spacial score (nSPS) is 16.2. The van der Waals surface area contributed by atoms with Crippen LogP contribution in [-0.4, -0.2) is 63.5 Å². The van der Waals surface area contributed by atoms with Crippen LogP contribution < -0.4 is 4.74 Å². The van der Waals surface area contributed by atoms with E-state index in [1.807, 2.05) is 0 Å². The molecule has 142 valence electrons. The van der Waals surface area contributed by atoms with E-state index >= 15 is 0 Å². The number of amides is 1. The monoisotopic (exact) mass is 384 g/mol. The van der Waals surface area contributed by atoms with Crippen molar-refractivity contribution in [2.75, 3.05) is 26.0 Å². The summed E-state index contributed by atoms with van der Waals surface area (Å²) in [6.45, 7) is 0.381. The smallest absolute Gasteiger partial charge is 0.335 e. The highest BCUT2D eigenvalue weighted by Gasteiger charge is 2.40. The van der Waals surface area contributed by atoms with Crippen molar-refractivity contribution in [2.24, 2.45) is 0 Å². The van der Waals surface area contributed by atoms with E-state index < -0.39 is 16.5 Å². The lowest BCUT2D eigenvalue weighted by Crippen LogP contribution is -2.51. The zero-order valence-electron chi connectivity index (χ0n) is 14.2. The Bertz CT molecular complexity index is 702. The fourth-order valence-corrected chi connectivity index (χ4v) is 3.53. The molecule has 0 aromatic heterocycles. The molecule has 26 heavy (non-hydrogen) atoms. The van der Waals surface area contributed by atoms with E-state index in [4.69, 9.17) is 9.84 Å². The van der Waals surface area contributed by atoms with Crippen LogP contribution in [0.3, 0.4) is 0 Å². The SMILES string of the molecule is COc1ccc(CSCC(=O)N2CCC(O)(C(=O)O)CC2)cc1[N+](=O)[O-]. The molecule has 10 heteroatoms. The fraction of sp³-hybridized carbons (Fsp3) is 0.500. The first-order valence-corrected chi connectivity index (χ1v) is 9.05. The number of thioether (sulfide) groups is 1. The topological polar surface area (TPSA) is 130 Å². The average molecular weight is 384 g/mol. The summed E-state index contributed by atoms with van der Waals surface area (Å²) in [5, 5.41) is 29.9. The van der Waals surface area contributed by atoms with Gasteiger partial charge in [0, 0.05) is 37.8 Å². The summed E-state index contributed by atoms with van der Waals surface area (Å²) in [7, 11) is 1.36. The van der Waals surface area contributed by atoms with Gasteiger partial charge >= 0.3 is 11.7 Å². The lowest BCUT2D eigenvalue weighted by atomic mass is 9.92. The number of benzene rings is 1. The molecule has 0 saturated carbocycles. The van der Waals surface area contributed by atoms with Gasteiger partial charge in [0.05, 0.1) is 17.8 Å². The summed E-state index contributed by atoms with van der Waals surface area (Å²) >= 11 is 1.31. The van der Waals surface area contributed by atoms with Gasteiger partial charge < -0.3 is 19.8 Å². The maximum absolute atomic E-state index is 12.2. The minimum absolute atomic E-state index is 0.00339. The highest BCUT2D eigenvalue weighted by atomic mass is 32.2. The lowest BCUT2D eigenvalue weighted by Gasteiger charge is -2.35. The van der Waals surface area contributed by atoms with Crippen LogP contribution in [0.1, 0.15) is 18.4 Å². The minimum Gasteiger partial charge on any atom is -0.490 e. The number of carboxylic acid groups (broad SMARTS) is 1. The van der Waals surface area contributed by atoms with Gasteiger partial charge in [-0.1, -0.05) is 6.07 Å². The van der Waals surface area contributed by atoms with Crippen LogP contribution in [0.25, 0.3) is 0 Å². The second-order valence-electron chi connectivity index (χ2n) is 5.97. The number of nitro groups is 1. The minimum atomic E-state index is -1.76. The Hall–Kier alpha value is -2.33. The van der Waals surface area contributed by atoms with E-state index in [9.17, 15) is 24.8 Å².